The molecule has 0 unspecified atom stereocenters. The first-order valence-electron chi connectivity index (χ1n) is 8.71. The van der Waals surface area contributed by atoms with E-state index >= 15 is 0 Å². The molecule has 1 aliphatic heterocycles. The summed E-state index contributed by atoms with van der Waals surface area (Å²) in [5.41, 5.74) is 4.64. The van der Waals surface area contributed by atoms with Gasteiger partial charge in [0.25, 0.3) is 0 Å². The van der Waals surface area contributed by atoms with Crippen molar-refractivity contribution in [2.45, 2.75) is 20.4 Å². The summed E-state index contributed by atoms with van der Waals surface area (Å²) in [5.74, 6) is 0. The first-order valence-corrected chi connectivity index (χ1v) is 9.87. The molecule has 138 valence electrons. The van der Waals surface area contributed by atoms with Crippen molar-refractivity contribution >= 4 is 46.2 Å². The van der Waals surface area contributed by atoms with Gasteiger partial charge in [0.15, 0.2) is 5.11 Å². The lowest BCUT2D eigenvalue weighted by Crippen LogP contribution is -2.49. The molecule has 6 heteroatoms. The van der Waals surface area contributed by atoms with E-state index in [2.05, 4.69) is 47.2 Å². The Balaban J connectivity index is 1.53. The molecule has 0 bridgehead atoms. The molecular weight excluding hydrogens is 385 g/mol. The molecule has 1 N–H and O–H groups in total. The molecule has 0 spiro atoms. The van der Waals surface area contributed by atoms with Crippen molar-refractivity contribution in [3.05, 3.63) is 63.1 Å². The third-order valence-corrected chi connectivity index (χ3v) is 5.49. The van der Waals surface area contributed by atoms with Crippen LogP contribution in [0.3, 0.4) is 0 Å². The summed E-state index contributed by atoms with van der Waals surface area (Å²) in [7, 11) is 0. The summed E-state index contributed by atoms with van der Waals surface area (Å²) in [5, 5.41) is 5.57. The Morgan fingerprint density at radius 3 is 2.27 bits per heavy atom. The van der Waals surface area contributed by atoms with Gasteiger partial charge < -0.3 is 10.2 Å². The largest absolute Gasteiger partial charge is 0.346 e. The normalized spacial score (nSPS) is 15.2. The lowest BCUT2D eigenvalue weighted by Gasteiger charge is -2.36. The fourth-order valence-electron chi connectivity index (χ4n) is 3.25. The number of nitrogens with one attached hydrogen (secondary N) is 1. The summed E-state index contributed by atoms with van der Waals surface area (Å²) in [6.07, 6.45) is 0. The molecule has 0 amide bonds. The highest BCUT2D eigenvalue weighted by Crippen LogP contribution is 2.23. The first-order chi connectivity index (χ1) is 12.4. The molecule has 0 saturated carbocycles. The van der Waals surface area contributed by atoms with Crippen LogP contribution in [0.15, 0.2) is 36.4 Å². The van der Waals surface area contributed by atoms with Crippen LogP contribution in [0.1, 0.15) is 16.7 Å². The zero-order chi connectivity index (χ0) is 18.7. The number of hydrogen-bond donors (Lipinski definition) is 1. The van der Waals surface area contributed by atoms with Crippen molar-refractivity contribution in [3.8, 4) is 0 Å². The predicted molar refractivity (Wildman–Crippen MR) is 115 cm³/mol. The number of benzene rings is 2. The Morgan fingerprint density at radius 1 is 1.00 bits per heavy atom. The van der Waals surface area contributed by atoms with Crippen molar-refractivity contribution in [1.82, 2.24) is 9.80 Å². The van der Waals surface area contributed by atoms with Crippen molar-refractivity contribution < 1.29 is 0 Å². The van der Waals surface area contributed by atoms with Crippen LogP contribution in [0.25, 0.3) is 0 Å². The summed E-state index contributed by atoms with van der Waals surface area (Å²) in [6, 6.07) is 12.1. The number of halogens is 2. The van der Waals surface area contributed by atoms with E-state index in [1.54, 1.807) is 6.07 Å². The molecule has 1 heterocycles. The lowest BCUT2D eigenvalue weighted by molar-refractivity contribution is 0.177. The van der Waals surface area contributed by atoms with E-state index in [1.165, 1.54) is 11.1 Å². The molecule has 3 nitrogen and oxygen atoms in total. The van der Waals surface area contributed by atoms with Gasteiger partial charge in [0.05, 0.1) is 0 Å². The maximum atomic E-state index is 6.29. The standard InChI is InChI=1S/C20H23Cl2N3S/c1-14-9-15(2)11-18(10-14)23-20(26)25-7-5-24(6-8-25)13-16-3-4-17(21)12-19(16)22/h3-4,9-12H,5-8,13H2,1-2H3,(H,23,26). The van der Waals surface area contributed by atoms with Gasteiger partial charge in [0.1, 0.15) is 0 Å². The van der Waals surface area contributed by atoms with Gasteiger partial charge in [0.2, 0.25) is 0 Å². The van der Waals surface area contributed by atoms with Crippen LogP contribution < -0.4 is 5.32 Å². The highest BCUT2D eigenvalue weighted by atomic mass is 35.5. The minimum absolute atomic E-state index is 0.673. The molecule has 0 atom stereocenters. The van der Waals surface area contributed by atoms with Crippen molar-refractivity contribution in [2.75, 3.05) is 31.5 Å². The van der Waals surface area contributed by atoms with Crippen LogP contribution in [0.5, 0.6) is 0 Å². The van der Waals surface area contributed by atoms with Gasteiger partial charge in [-0.15, -0.1) is 0 Å². The van der Waals surface area contributed by atoms with E-state index in [0.29, 0.717) is 5.02 Å². The van der Waals surface area contributed by atoms with Gasteiger partial charge in [-0.25, -0.2) is 0 Å². The van der Waals surface area contributed by atoms with Gasteiger partial charge in [-0.1, -0.05) is 35.3 Å². The average molecular weight is 408 g/mol. The van der Waals surface area contributed by atoms with Crippen LogP contribution in [0.4, 0.5) is 5.69 Å². The number of anilines is 1. The van der Waals surface area contributed by atoms with Crippen LogP contribution >= 0.6 is 35.4 Å². The summed E-state index contributed by atoms with van der Waals surface area (Å²) >= 11 is 17.9. The first kappa shape index (κ1) is 19.4. The third kappa shape index (κ3) is 5.10. The minimum atomic E-state index is 0.673. The van der Waals surface area contributed by atoms with Crippen LogP contribution in [-0.2, 0) is 6.54 Å². The van der Waals surface area contributed by atoms with E-state index in [1.807, 2.05) is 12.1 Å². The molecule has 1 fully saturated rings. The van der Waals surface area contributed by atoms with E-state index in [0.717, 1.165) is 54.1 Å². The zero-order valence-electron chi connectivity index (χ0n) is 15.1. The van der Waals surface area contributed by atoms with Gasteiger partial charge in [0, 0.05) is 48.5 Å². The Kier molecular flexibility index (Phi) is 6.41. The van der Waals surface area contributed by atoms with Crippen molar-refractivity contribution in [1.29, 1.82) is 0 Å². The average Bonchev–Trinajstić information content (AvgIpc) is 2.57. The molecule has 0 aromatic heterocycles. The number of aryl methyl sites for hydroxylation is 2. The van der Waals surface area contributed by atoms with Gasteiger partial charge in [-0.2, -0.15) is 0 Å². The number of hydrogen-bond acceptors (Lipinski definition) is 2. The van der Waals surface area contributed by atoms with Crippen molar-refractivity contribution in [2.24, 2.45) is 0 Å². The Morgan fingerprint density at radius 2 is 1.65 bits per heavy atom. The molecule has 0 radical (unpaired) electrons. The molecular formula is C20H23Cl2N3S. The molecule has 2 aromatic carbocycles. The summed E-state index contributed by atoms with van der Waals surface area (Å²) in [4.78, 5) is 4.62. The molecule has 3 rings (SSSR count). The summed E-state index contributed by atoms with van der Waals surface area (Å²) < 4.78 is 0. The van der Waals surface area contributed by atoms with Crippen LogP contribution in [0.2, 0.25) is 10.0 Å². The smallest absolute Gasteiger partial charge is 0.173 e. The SMILES string of the molecule is Cc1cc(C)cc(NC(=S)N2CCN(Cc3ccc(Cl)cc3Cl)CC2)c1. The lowest BCUT2D eigenvalue weighted by atomic mass is 10.1. The second-order valence-corrected chi connectivity index (χ2v) is 8.04. The number of nitrogens with zero attached hydrogens (tertiary/aromatic N) is 2. The predicted octanol–water partition coefficient (Wildman–Crippen LogP) is 5.12. The number of thiocarbonyl (C=S) groups is 1. The monoisotopic (exact) mass is 407 g/mol. The third-order valence-electron chi connectivity index (χ3n) is 4.54. The maximum absolute atomic E-state index is 6.29. The van der Waals surface area contributed by atoms with Crippen LogP contribution in [0, 0.1) is 13.8 Å². The highest BCUT2D eigenvalue weighted by molar-refractivity contribution is 7.80. The Hall–Kier alpha value is -1.33. The minimum Gasteiger partial charge on any atom is -0.346 e. The van der Waals surface area contributed by atoms with E-state index in [4.69, 9.17) is 35.4 Å². The maximum Gasteiger partial charge on any atom is 0.173 e. The number of rotatable bonds is 3. The van der Waals surface area contributed by atoms with Gasteiger partial charge >= 0.3 is 0 Å². The van der Waals surface area contributed by atoms with Gasteiger partial charge in [-0.3, -0.25) is 4.90 Å². The Bertz CT molecular complexity index is 781. The zero-order valence-corrected chi connectivity index (χ0v) is 17.4. The fraction of sp³-hybridized carbons (Fsp3) is 0.350. The topological polar surface area (TPSA) is 18.5 Å². The summed E-state index contributed by atoms with van der Waals surface area (Å²) in [6.45, 7) is 8.75. The molecule has 1 aliphatic rings. The van der Waals surface area contributed by atoms with E-state index < -0.39 is 0 Å². The molecule has 1 saturated heterocycles. The van der Waals surface area contributed by atoms with Crippen molar-refractivity contribution in [3.63, 3.8) is 0 Å². The fourth-order valence-corrected chi connectivity index (χ4v) is 4.02. The molecule has 0 aliphatic carbocycles. The quantitative estimate of drug-likeness (QED) is 0.710. The highest BCUT2D eigenvalue weighted by Gasteiger charge is 2.19. The second kappa shape index (κ2) is 8.57. The molecule has 26 heavy (non-hydrogen) atoms. The van der Waals surface area contributed by atoms with Gasteiger partial charge in [-0.05, 0) is 67.0 Å². The molecule has 2 aromatic rings. The van der Waals surface area contributed by atoms with E-state index in [9.17, 15) is 0 Å². The van der Waals surface area contributed by atoms with Crippen LogP contribution in [-0.4, -0.2) is 41.1 Å². The number of piperazine rings is 1. The Labute approximate surface area is 170 Å². The van der Waals surface area contributed by atoms with E-state index in [-0.39, 0.29) is 0 Å². The second-order valence-electron chi connectivity index (χ2n) is 6.81.